The van der Waals surface area contributed by atoms with E-state index >= 15 is 0 Å². The lowest BCUT2D eigenvalue weighted by molar-refractivity contribution is -0.129. The van der Waals surface area contributed by atoms with Gasteiger partial charge in [-0.3, -0.25) is 4.79 Å². The first-order chi connectivity index (χ1) is 9.99. The Morgan fingerprint density at radius 1 is 1.18 bits per heavy atom. The van der Waals surface area contributed by atoms with Gasteiger partial charge in [0.05, 0.1) is 6.04 Å². The first-order valence-corrected chi connectivity index (χ1v) is 8.43. The highest BCUT2D eigenvalue weighted by Gasteiger charge is 2.31. The molecule has 0 saturated heterocycles. The minimum Gasteiger partial charge on any atom is -0.303 e. The van der Waals surface area contributed by atoms with Crippen LogP contribution in [0.3, 0.4) is 0 Å². The molecule has 0 aliphatic heterocycles. The van der Waals surface area contributed by atoms with E-state index in [1.807, 2.05) is 39.0 Å². The average Bonchev–Trinajstić information content (AvgIpc) is 2.34. The molecule has 0 radical (unpaired) electrons. The Morgan fingerprint density at radius 3 is 2.32 bits per heavy atom. The van der Waals surface area contributed by atoms with Crippen molar-refractivity contribution in [2.24, 2.45) is 5.41 Å². The summed E-state index contributed by atoms with van der Waals surface area (Å²) in [6.45, 7) is 12.3. The van der Waals surface area contributed by atoms with Gasteiger partial charge in [-0.15, -0.1) is 0 Å². The number of Topliss-reactive ketones (excluding diaryl/α,β-unsaturated/α-hetero) is 1. The van der Waals surface area contributed by atoms with Crippen LogP contribution in [0.15, 0.2) is 24.3 Å². The Kier molecular flexibility index (Phi) is 6.64. The number of carbonyl (C=O) groups excluding carboxylic acids is 1. The van der Waals surface area contributed by atoms with E-state index in [4.69, 9.17) is 11.6 Å². The number of benzene rings is 1. The molecule has 1 aromatic rings. The van der Waals surface area contributed by atoms with Crippen LogP contribution in [-0.4, -0.2) is 17.4 Å². The number of hydrogen-bond acceptors (Lipinski definition) is 2. The number of carbonyl (C=O) groups is 1. The molecule has 1 atom stereocenters. The maximum atomic E-state index is 12.7. The van der Waals surface area contributed by atoms with Crippen molar-refractivity contribution < 1.29 is 4.79 Å². The van der Waals surface area contributed by atoms with Gasteiger partial charge in [-0.05, 0) is 57.7 Å². The van der Waals surface area contributed by atoms with Gasteiger partial charge in [0.15, 0.2) is 5.78 Å². The summed E-state index contributed by atoms with van der Waals surface area (Å²) >= 11 is 6.02. The predicted octanol–water partition coefficient (Wildman–Crippen LogP) is 5.03. The van der Waals surface area contributed by atoms with Crippen LogP contribution in [0.1, 0.15) is 59.9 Å². The van der Waals surface area contributed by atoms with Crippen molar-refractivity contribution in [3.8, 4) is 0 Å². The summed E-state index contributed by atoms with van der Waals surface area (Å²) in [5, 5.41) is 4.26. The maximum absolute atomic E-state index is 12.7. The first kappa shape index (κ1) is 19.2. The molecule has 0 aliphatic rings. The third-order valence-corrected chi connectivity index (χ3v) is 3.75. The van der Waals surface area contributed by atoms with E-state index in [1.165, 1.54) is 5.56 Å². The van der Waals surface area contributed by atoms with Gasteiger partial charge in [0.2, 0.25) is 0 Å². The molecule has 0 fully saturated rings. The maximum Gasteiger partial charge on any atom is 0.155 e. The molecule has 3 heteroatoms. The Bertz CT molecular complexity index is 497. The summed E-state index contributed by atoms with van der Waals surface area (Å²) in [5.74, 6) is 0.286. The summed E-state index contributed by atoms with van der Waals surface area (Å²) in [7, 11) is 0. The lowest BCUT2D eigenvalue weighted by Gasteiger charge is -2.32. The van der Waals surface area contributed by atoms with Gasteiger partial charge in [0.25, 0.3) is 0 Å². The Balaban J connectivity index is 2.67. The van der Waals surface area contributed by atoms with Crippen LogP contribution < -0.4 is 5.32 Å². The highest BCUT2D eigenvalue weighted by Crippen LogP contribution is 2.21. The van der Waals surface area contributed by atoms with Crippen LogP contribution in [-0.2, 0) is 11.2 Å². The van der Waals surface area contributed by atoms with Crippen molar-refractivity contribution in [3.05, 3.63) is 34.9 Å². The van der Waals surface area contributed by atoms with Crippen molar-refractivity contribution in [1.29, 1.82) is 0 Å². The van der Waals surface area contributed by atoms with Crippen molar-refractivity contribution in [3.63, 3.8) is 0 Å². The summed E-state index contributed by atoms with van der Waals surface area (Å²) < 4.78 is 0. The zero-order chi connectivity index (χ0) is 17.0. The zero-order valence-electron chi connectivity index (χ0n) is 14.8. The zero-order valence-corrected chi connectivity index (χ0v) is 15.6. The smallest absolute Gasteiger partial charge is 0.155 e. The average molecular weight is 324 g/mol. The second-order valence-electron chi connectivity index (χ2n) is 8.08. The number of nitrogens with one attached hydrogen (secondary N) is 1. The van der Waals surface area contributed by atoms with E-state index in [-0.39, 0.29) is 22.8 Å². The van der Waals surface area contributed by atoms with Crippen LogP contribution >= 0.6 is 11.6 Å². The van der Waals surface area contributed by atoms with Gasteiger partial charge in [0, 0.05) is 16.0 Å². The van der Waals surface area contributed by atoms with E-state index in [1.54, 1.807) is 0 Å². The van der Waals surface area contributed by atoms with Crippen LogP contribution in [0.4, 0.5) is 0 Å². The number of aryl methyl sites for hydroxylation is 1. The molecule has 124 valence electrons. The van der Waals surface area contributed by atoms with Crippen LogP contribution in [0.2, 0.25) is 5.02 Å². The molecule has 1 N–H and O–H groups in total. The first-order valence-electron chi connectivity index (χ1n) is 8.05. The Hall–Kier alpha value is -0.860. The second kappa shape index (κ2) is 7.61. The van der Waals surface area contributed by atoms with Crippen LogP contribution in [0, 0.1) is 5.41 Å². The van der Waals surface area contributed by atoms with Crippen molar-refractivity contribution in [2.45, 2.75) is 72.4 Å². The quantitative estimate of drug-likeness (QED) is 0.795. The molecule has 0 amide bonds. The molecule has 0 bridgehead atoms. The number of ketones is 1. The minimum absolute atomic E-state index is 0.0678. The summed E-state index contributed by atoms with van der Waals surface area (Å²) in [4.78, 5) is 12.7. The third-order valence-electron chi connectivity index (χ3n) is 3.51. The molecule has 22 heavy (non-hydrogen) atoms. The fraction of sp³-hybridized carbons (Fsp3) is 0.632. The fourth-order valence-corrected chi connectivity index (χ4v) is 2.73. The Morgan fingerprint density at radius 2 is 1.82 bits per heavy atom. The van der Waals surface area contributed by atoms with Gasteiger partial charge < -0.3 is 5.32 Å². The number of halogens is 1. The molecule has 0 spiro atoms. The molecular weight excluding hydrogens is 294 g/mol. The highest BCUT2D eigenvalue weighted by molar-refractivity contribution is 6.30. The second-order valence-corrected chi connectivity index (χ2v) is 8.52. The molecular formula is C19H30ClNO. The van der Waals surface area contributed by atoms with Crippen molar-refractivity contribution >= 4 is 17.4 Å². The van der Waals surface area contributed by atoms with Gasteiger partial charge in [-0.25, -0.2) is 0 Å². The van der Waals surface area contributed by atoms with E-state index in [0.29, 0.717) is 0 Å². The Labute approximate surface area is 140 Å². The molecule has 1 rings (SSSR count). The molecule has 0 aliphatic carbocycles. The number of hydrogen-bond donors (Lipinski definition) is 1. The van der Waals surface area contributed by atoms with Crippen LogP contribution in [0.25, 0.3) is 0 Å². The van der Waals surface area contributed by atoms with E-state index in [0.717, 1.165) is 24.3 Å². The van der Waals surface area contributed by atoms with Gasteiger partial charge in [0.1, 0.15) is 0 Å². The SMILES string of the molecule is CC(C)(C)NC(CCCc1cccc(Cl)c1)C(=O)C(C)(C)C. The monoisotopic (exact) mass is 323 g/mol. The largest absolute Gasteiger partial charge is 0.303 e. The van der Waals surface area contributed by atoms with E-state index in [2.05, 4.69) is 32.2 Å². The standard InChI is InChI=1S/C19H30ClNO/c1-18(2,3)17(22)16(21-19(4,5)6)12-8-10-14-9-7-11-15(20)13-14/h7,9,11,13,16,21H,8,10,12H2,1-6H3. The lowest BCUT2D eigenvalue weighted by Crippen LogP contribution is -2.50. The minimum atomic E-state index is -0.320. The van der Waals surface area contributed by atoms with Gasteiger partial charge in [-0.2, -0.15) is 0 Å². The van der Waals surface area contributed by atoms with Crippen molar-refractivity contribution in [2.75, 3.05) is 0 Å². The molecule has 0 heterocycles. The molecule has 0 aromatic heterocycles. The summed E-state index contributed by atoms with van der Waals surface area (Å²) in [6.07, 6.45) is 2.76. The highest BCUT2D eigenvalue weighted by atomic mass is 35.5. The molecule has 1 aromatic carbocycles. The molecule has 0 saturated carbocycles. The van der Waals surface area contributed by atoms with E-state index < -0.39 is 0 Å². The van der Waals surface area contributed by atoms with E-state index in [9.17, 15) is 4.79 Å². The summed E-state index contributed by atoms with van der Waals surface area (Å²) in [6, 6.07) is 7.85. The topological polar surface area (TPSA) is 29.1 Å². The van der Waals surface area contributed by atoms with Crippen molar-refractivity contribution in [1.82, 2.24) is 5.32 Å². The van der Waals surface area contributed by atoms with Gasteiger partial charge in [-0.1, -0.05) is 44.5 Å². The lowest BCUT2D eigenvalue weighted by atomic mass is 9.83. The molecule has 1 unspecified atom stereocenters. The molecule has 2 nitrogen and oxygen atoms in total. The predicted molar refractivity (Wildman–Crippen MR) is 95.5 cm³/mol. The van der Waals surface area contributed by atoms with Crippen LogP contribution in [0.5, 0.6) is 0 Å². The third kappa shape index (κ3) is 6.93. The fourth-order valence-electron chi connectivity index (χ4n) is 2.52. The number of rotatable bonds is 6. The van der Waals surface area contributed by atoms with Gasteiger partial charge >= 0.3 is 0 Å². The summed E-state index contributed by atoms with van der Waals surface area (Å²) in [5.41, 5.74) is 0.839. The normalized spacial score (nSPS) is 14.0.